The summed E-state index contributed by atoms with van der Waals surface area (Å²) in [6, 6.07) is 21.5. The first-order valence-electron chi connectivity index (χ1n) is 12.0. The smallest absolute Gasteiger partial charge is 0.200 e. The molecule has 0 fully saturated rings. The Morgan fingerprint density at radius 2 is 1.25 bits per heavy atom. The first-order valence-corrected chi connectivity index (χ1v) is 14.9. The number of hydrogen-bond donors (Lipinski definition) is 0. The fourth-order valence-electron chi connectivity index (χ4n) is 5.40. The second-order valence-electron chi connectivity index (χ2n) is 9.73. The molecule has 0 saturated heterocycles. The van der Waals surface area contributed by atoms with Crippen molar-refractivity contribution in [2.75, 3.05) is 6.61 Å². The van der Waals surface area contributed by atoms with Crippen molar-refractivity contribution in [3.63, 3.8) is 0 Å². The van der Waals surface area contributed by atoms with E-state index >= 15 is 0 Å². The number of thiazole rings is 1. The minimum atomic E-state index is -1.83. The largest absolute Gasteiger partial charge is 0.416 e. The Kier molecular flexibility index (Phi) is 8.48. The van der Waals surface area contributed by atoms with E-state index in [0.29, 0.717) is 16.6 Å². The molecule has 0 atom stereocenters. The summed E-state index contributed by atoms with van der Waals surface area (Å²) in [6.45, 7) is 17.1. The van der Waals surface area contributed by atoms with Gasteiger partial charge in [0.05, 0.1) is 11.6 Å². The molecule has 0 aliphatic carbocycles. The minimum Gasteiger partial charge on any atom is -0.416 e. The lowest BCUT2D eigenvalue weighted by Crippen LogP contribution is -2.48. The lowest BCUT2D eigenvalue weighted by Gasteiger charge is -2.42. The first-order chi connectivity index (χ1) is 15.3. The summed E-state index contributed by atoms with van der Waals surface area (Å²) in [7, 11) is -1.83. The van der Waals surface area contributed by atoms with Crippen molar-refractivity contribution in [1.82, 2.24) is 4.98 Å². The molecule has 1 aromatic heterocycles. The molecule has 32 heavy (non-hydrogen) atoms. The van der Waals surface area contributed by atoms with Gasteiger partial charge in [0, 0.05) is 17.9 Å². The van der Waals surface area contributed by atoms with Crippen LogP contribution in [0.2, 0.25) is 16.6 Å². The highest BCUT2D eigenvalue weighted by Crippen LogP contribution is 2.42. The average molecular weight is 466 g/mol. The summed E-state index contributed by atoms with van der Waals surface area (Å²) in [4.78, 5) is 6.42. The van der Waals surface area contributed by atoms with Gasteiger partial charge < -0.3 is 4.43 Å². The van der Waals surface area contributed by atoms with Gasteiger partial charge in [-0.1, -0.05) is 102 Å². The maximum atomic E-state index is 6.83. The van der Waals surface area contributed by atoms with Crippen LogP contribution in [0.25, 0.3) is 0 Å². The number of nitrogens with zero attached hydrogens (tertiary/aromatic N) is 1. The van der Waals surface area contributed by atoms with Crippen molar-refractivity contribution in [3.8, 4) is 0 Å². The summed E-state index contributed by atoms with van der Waals surface area (Å²) in [5, 5.41) is 1.18. The summed E-state index contributed by atoms with van der Waals surface area (Å²) in [5.41, 5.74) is 5.57. The van der Waals surface area contributed by atoms with E-state index in [1.807, 2.05) is 11.3 Å². The van der Waals surface area contributed by atoms with Gasteiger partial charge in [0.25, 0.3) is 0 Å². The molecule has 0 unspecified atom stereocenters. The van der Waals surface area contributed by atoms with Crippen LogP contribution < -0.4 is 0 Å². The van der Waals surface area contributed by atoms with Crippen molar-refractivity contribution in [2.24, 2.45) is 0 Å². The first kappa shape index (κ1) is 24.9. The fraction of sp³-hybridized carbons (Fsp3) is 0.464. The second kappa shape index (κ2) is 10.9. The number of hydrogen-bond acceptors (Lipinski definition) is 3. The SMILES string of the molecule is Cc1nc(C(c2ccccc2)c2ccccc2)sc1CCO[Si](C(C)C)(C(C)C)C(C)C. The zero-order chi connectivity index (χ0) is 23.3. The molecule has 0 aliphatic rings. The number of benzene rings is 2. The Bertz CT molecular complexity index is 904. The molecule has 3 rings (SSSR count). The highest BCUT2D eigenvalue weighted by atomic mass is 32.1. The van der Waals surface area contributed by atoms with Crippen LogP contribution in [0.4, 0.5) is 0 Å². The molecular formula is C28H39NOSSi. The molecule has 1 heterocycles. The van der Waals surface area contributed by atoms with Crippen molar-refractivity contribution in [1.29, 1.82) is 0 Å². The van der Waals surface area contributed by atoms with E-state index < -0.39 is 8.32 Å². The van der Waals surface area contributed by atoms with Crippen molar-refractivity contribution in [3.05, 3.63) is 87.4 Å². The van der Waals surface area contributed by atoms with Crippen LogP contribution in [0.15, 0.2) is 60.7 Å². The van der Waals surface area contributed by atoms with Gasteiger partial charge in [-0.3, -0.25) is 0 Å². The zero-order valence-electron chi connectivity index (χ0n) is 20.8. The van der Waals surface area contributed by atoms with Gasteiger partial charge >= 0.3 is 0 Å². The lowest BCUT2D eigenvalue weighted by molar-refractivity contribution is 0.282. The number of aryl methyl sites for hydroxylation is 1. The van der Waals surface area contributed by atoms with E-state index in [-0.39, 0.29) is 5.92 Å². The molecule has 0 saturated carbocycles. The standard InChI is InChI=1S/C28H39NOSSi/c1-20(2)32(21(3)4,22(5)6)30-19-18-26-23(7)29-28(31-26)27(24-14-10-8-11-15-24)25-16-12-9-13-17-25/h8-17,20-22,27H,18-19H2,1-7H3. The fourth-order valence-corrected chi connectivity index (χ4v) is 12.1. The van der Waals surface area contributed by atoms with Crippen LogP contribution in [-0.2, 0) is 10.8 Å². The van der Waals surface area contributed by atoms with Crippen LogP contribution in [0, 0.1) is 6.92 Å². The molecule has 0 bridgehead atoms. The van der Waals surface area contributed by atoms with Gasteiger partial charge in [0.1, 0.15) is 5.01 Å². The lowest BCUT2D eigenvalue weighted by atomic mass is 9.92. The molecular weight excluding hydrogens is 426 g/mol. The Morgan fingerprint density at radius 3 is 1.69 bits per heavy atom. The number of rotatable bonds is 10. The van der Waals surface area contributed by atoms with Crippen LogP contribution in [0.5, 0.6) is 0 Å². The normalized spacial score (nSPS) is 12.5. The molecule has 0 radical (unpaired) electrons. The third-order valence-electron chi connectivity index (χ3n) is 6.81. The average Bonchev–Trinajstić information content (AvgIpc) is 3.12. The van der Waals surface area contributed by atoms with E-state index in [1.54, 1.807) is 0 Å². The summed E-state index contributed by atoms with van der Waals surface area (Å²) in [5.74, 6) is 0.172. The Labute approximate surface area is 200 Å². The van der Waals surface area contributed by atoms with Crippen LogP contribution in [0.3, 0.4) is 0 Å². The molecule has 0 N–H and O–H groups in total. The van der Waals surface area contributed by atoms with Gasteiger partial charge in [-0.25, -0.2) is 4.98 Å². The van der Waals surface area contributed by atoms with Crippen LogP contribution in [0.1, 0.15) is 74.2 Å². The zero-order valence-corrected chi connectivity index (χ0v) is 22.6. The van der Waals surface area contributed by atoms with E-state index in [2.05, 4.69) is 109 Å². The third kappa shape index (κ3) is 5.24. The van der Waals surface area contributed by atoms with Crippen LogP contribution in [-0.4, -0.2) is 19.9 Å². The van der Waals surface area contributed by atoms with E-state index in [4.69, 9.17) is 9.41 Å². The monoisotopic (exact) mass is 465 g/mol. The van der Waals surface area contributed by atoms with E-state index in [9.17, 15) is 0 Å². The number of aromatic nitrogens is 1. The van der Waals surface area contributed by atoms with Gasteiger partial charge in [-0.15, -0.1) is 11.3 Å². The maximum Gasteiger partial charge on any atom is 0.200 e. The molecule has 0 aliphatic heterocycles. The second-order valence-corrected chi connectivity index (χ2v) is 16.3. The highest BCUT2D eigenvalue weighted by molar-refractivity contribution is 7.11. The summed E-state index contributed by atoms with van der Waals surface area (Å²) in [6.07, 6.45) is 0.945. The van der Waals surface area contributed by atoms with Crippen molar-refractivity contribution in [2.45, 2.75) is 77.4 Å². The predicted molar refractivity (Wildman–Crippen MR) is 141 cm³/mol. The maximum absolute atomic E-state index is 6.83. The predicted octanol–water partition coefficient (Wildman–Crippen LogP) is 8.37. The molecule has 0 amide bonds. The minimum absolute atomic E-state index is 0.172. The van der Waals surface area contributed by atoms with Gasteiger partial charge in [0.2, 0.25) is 0 Å². The van der Waals surface area contributed by atoms with Crippen molar-refractivity contribution < 1.29 is 4.43 Å². The Hall–Kier alpha value is -1.75. The summed E-state index contributed by atoms with van der Waals surface area (Å²) >= 11 is 1.86. The van der Waals surface area contributed by atoms with Gasteiger partial charge in [-0.05, 0) is 34.7 Å². The topological polar surface area (TPSA) is 22.1 Å². The van der Waals surface area contributed by atoms with Crippen LogP contribution >= 0.6 is 11.3 Å². The van der Waals surface area contributed by atoms with E-state index in [0.717, 1.165) is 18.7 Å². The Balaban J connectivity index is 1.84. The molecule has 4 heteroatoms. The molecule has 0 spiro atoms. The molecule has 2 nitrogen and oxygen atoms in total. The van der Waals surface area contributed by atoms with Gasteiger partial charge in [-0.2, -0.15) is 0 Å². The van der Waals surface area contributed by atoms with E-state index in [1.165, 1.54) is 21.0 Å². The molecule has 3 aromatic rings. The molecule has 172 valence electrons. The molecule has 2 aromatic carbocycles. The van der Waals surface area contributed by atoms with Gasteiger partial charge in [0.15, 0.2) is 8.32 Å². The third-order valence-corrected chi connectivity index (χ3v) is 14.2. The Morgan fingerprint density at radius 1 is 0.781 bits per heavy atom. The summed E-state index contributed by atoms with van der Waals surface area (Å²) < 4.78 is 6.83. The highest BCUT2D eigenvalue weighted by Gasteiger charge is 2.44. The van der Waals surface area contributed by atoms with Crippen molar-refractivity contribution >= 4 is 19.7 Å². The quantitative estimate of drug-likeness (QED) is 0.281.